The lowest BCUT2D eigenvalue weighted by Crippen LogP contribution is -2.41. The zero-order valence-electron chi connectivity index (χ0n) is 11.5. The summed E-state index contributed by atoms with van der Waals surface area (Å²) < 4.78 is 32.0. The second-order valence-corrected chi connectivity index (χ2v) is 6.44. The van der Waals surface area contributed by atoms with Gasteiger partial charge in [-0.05, 0) is 23.6 Å². The van der Waals surface area contributed by atoms with Gasteiger partial charge in [0.25, 0.3) is 0 Å². The van der Waals surface area contributed by atoms with Gasteiger partial charge in [-0.25, -0.2) is 13.1 Å². The molecule has 1 rings (SSSR count). The fourth-order valence-corrected chi connectivity index (χ4v) is 2.95. The molecule has 0 spiro atoms. The number of aliphatic hydroxyl groups is 1. The Morgan fingerprint density at radius 1 is 1.26 bits per heavy atom. The Morgan fingerprint density at radius 2 is 1.84 bits per heavy atom. The van der Waals surface area contributed by atoms with Crippen LogP contribution in [0.5, 0.6) is 0 Å². The van der Waals surface area contributed by atoms with E-state index >= 15 is 0 Å². The standard InChI is InChI=1S/C13H21NO4S/c1-10(2)13(9-18-3)14-19(16,17)12-6-4-11(8-15)5-7-12/h4-7,10,13-15H,8-9H2,1-3H3. The van der Waals surface area contributed by atoms with Crippen molar-refractivity contribution in [2.75, 3.05) is 13.7 Å². The Balaban J connectivity index is 2.89. The summed E-state index contributed by atoms with van der Waals surface area (Å²) in [6.45, 7) is 4.08. The minimum atomic E-state index is -3.56. The maximum absolute atomic E-state index is 12.2. The van der Waals surface area contributed by atoms with Crippen molar-refractivity contribution in [2.24, 2.45) is 5.92 Å². The van der Waals surface area contributed by atoms with Gasteiger partial charge in [0.05, 0.1) is 18.1 Å². The largest absolute Gasteiger partial charge is 0.392 e. The molecule has 0 aromatic heterocycles. The molecule has 0 saturated carbocycles. The molecule has 0 aliphatic rings. The van der Waals surface area contributed by atoms with Gasteiger partial charge in [0, 0.05) is 13.2 Å². The van der Waals surface area contributed by atoms with Crippen molar-refractivity contribution in [3.8, 4) is 0 Å². The zero-order valence-corrected chi connectivity index (χ0v) is 12.3. The quantitative estimate of drug-likeness (QED) is 0.788. The highest BCUT2D eigenvalue weighted by molar-refractivity contribution is 7.89. The van der Waals surface area contributed by atoms with Crippen molar-refractivity contribution in [1.82, 2.24) is 4.72 Å². The summed E-state index contributed by atoms with van der Waals surface area (Å²) in [5.41, 5.74) is 0.677. The number of hydrogen-bond acceptors (Lipinski definition) is 4. The third-order valence-electron chi connectivity index (χ3n) is 2.87. The summed E-state index contributed by atoms with van der Waals surface area (Å²) in [6, 6.07) is 5.88. The molecule has 0 bridgehead atoms. The number of hydrogen-bond donors (Lipinski definition) is 2. The SMILES string of the molecule is COCC(NS(=O)(=O)c1ccc(CO)cc1)C(C)C. The lowest BCUT2D eigenvalue weighted by atomic mass is 10.1. The molecule has 1 atom stereocenters. The summed E-state index contributed by atoms with van der Waals surface area (Å²) >= 11 is 0. The van der Waals surface area contributed by atoms with Gasteiger partial charge in [0.2, 0.25) is 10.0 Å². The lowest BCUT2D eigenvalue weighted by Gasteiger charge is -2.21. The first kappa shape index (κ1) is 16.1. The zero-order chi connectivity index (χ0) is 14.5. The highest BCUT2D eigenvalue weighted by atomic mass is 32.2. The van der Waals surface area contributed by atoms with E-state index in [0.29, 0.717) is 12.2 Å². The smallest absolute Gasteiger partial charge is 0.240 e. The van der Waals surface area contributed by atoms with E-state index in [9.17, 15) is 8.42 Å². The van der Waals surface area contributed by atoms with Gasteiger partial charge < -0.3 is 9.84 Å². The third kappa shape index (κ3) is 4.58. The molecule has 0 saturated heterocycles. The second-order valence-electron chi connectivity index (χ2n) is 4.73. The van der Waals surface area contributed by atoms with Crippen molar-refractivity contribution in [3.63, 3.8) is 0 Å². The molecule has 19 heavy (non-hydrogen) atoms. The first-order valence-corrected chi connectivity index (χ1v) is 7.60. The number of nitrogens with one attached hydrogen (secondary N) is 1. The molecule has 1 aromatic carbocycles. The molecular formula is C13H21NO4S. The predicted octanol–water partition coefficient (Wildman–Crippen LogP) is 1.13. The molecule has 6 heteroatoms. The Hall–Kier alpha value is -0.950. The summed E-state index contributed by atoms with van der Waals surface area (Å²) in [6.07, 6.45) is 0. The van der Waals surface area contributed by atoms with Gasteiger partial charge in [-0.1, -0.05) is 26.0 Å². The normalized spacial score (nSPS) is 13.7. The van der Waals surface area contributed by atoms with Crippen LogP contribution in [0.15, 0.2) is 29.2 Å². The molecule has 0 radical (unpaired) electrons. The van der Waals surface area contributed by atoms with Crippen LogP contribution in [-0.2, 0) is 21.4 Å². The monoisotopic (exact) mass is 287 g/mol. The van der Waals surface area contributed by atoms with E-state index in [2.05, 4.69) is 4.72 Å². The Labute approximate surface area is 114 Å². The average molecular weight is 287 g/mol. The molecule has 1 unspecified atom stereocenters. The first-order valence-electron chi connectivity index (χ1n) is 6.11. The minimum absolute atomic E-state index is 0.105. The van der Waals surface area contributed by atoms with E-state index in [1.807, 2.05) is 13.8 Å². The Morgan fingerprint density at radius 3 is 2.26 bits per heavy atom. The Bertz CT molecular complexity index is 482. The number of sulfonamides is 1. The van der Waals surface area contributed by atoms with Crippen molar-refractivity contribution in [3.05, 3.63) is 29.8 Å². The minimum Gasteiger partial charge on any atom is -0.392 e. The highest BCUT2D eigenvalue weighted by Gasteiger charge is 2.22. The van der Waals surface area contributed by atoms with Gasteiger partial charge >= 0.3 is 0 Å². The third-order valence-corrected chi connectivity index (χ3v) is 4.38. The van der Waals surface area contributed by atoms with E-state index in [1.165, 1.54) is 12.1 Å². The van der Waals surface area contributed by atoms with E-state index in [-0.39, 0.29) is 23.5 Å². The molecule has 0 amide bonds. The van der Waals surface area contributed by atoms with Crippen molar-refractivity contribution in [2.45, 2.75) is 31.4 Å². The van der Waals surface area contributed by atoms with Crippen molar-refractivity contribution >= 4 is 10.0 Å². The van der Waals surface area contributed by atoms with Crippen LogP contribution in [0.3, 0.4) is 0 Å². The number of aliphatic hydroxyl groups excluding tert-OH is 1. The average Bonchev–Trinajstić information content (AvgIpc) is 2.38. The first-order chi connectivity index (χ1) is 8.90. The fraction of sp³-hybridized carbons (Fsp3) is 0.538. The van der Waals surface area contributed by atoms with Crippen molar-refractivity contribution < 1.29 is 18.3 Å². The van der Waals surface area contributed by atoms with Crippen LogP contribution in [0.1, 0.15) is 19.4 Å². The lowest BCUT2D eigenvalue weighted by molar-refractivity contribution is 0.157. The summed E-state index contributed by atoms with van der Waals surface area (Å²) in [7, 11) is -2.02. The van der Waals surface area contributed by atoms with Crippen LogP contribution in [0.4, 0.5) is 0 Å². The van der Waals surface area contributed by atoms with Gasteiger partial charge in [-0.15, -0.1) is 0 Å². The van der Waals surface area contributed by atoms with Crippen LogP contribution < -0.4 is 4.72 Å². The second kappa shape index (κ2) is 7.00. The van der Waals surface area contributed by atoms with Crippen LogP contribution in [0, 0.1) is 5.92 Å². The van der Waals surface area contributed by atoms with Crippen LogP contribution >= 0.6 is 0 Å². The molecular weight excluding hydrogens is 266 g/mol. The van der Waals surface area contributed by atoms with Gasteiger partial charge in [0.15, 0.2) is 0 Å². The molecule has 1 aromatic rings. The van der Waals surface area contributed by atoms with Crippen molar-refractivity contribution in [1.29, 1.82) is 0 Å². The topological polar surface area (TPSA) is 75.6 Å². The fourth-order valence-electron chi connectivity index (χ4n) is 1.58. The molecule has 2 N–H and O–H groups in total. The Kier molecular flexibility index (Phi) is 5.93. The van der Waals surface area contributed by atoms with E-state index in [1.54, 1.807) is 19.2 Å². The maximum Gasteiger partial charge on any atom is 0.240 e. The van der Waals surface area contributed by atoms with Gasteiger partial charge in [-0.2, -0.15) is 0 Å². The van der Waals surface area contributed by atoms with Gasteiger partial charge in [0.1, 0.15) is 0 Å². The number of rotatable bonds is 7. The molecule has 0 aliphatic carbocycles. The van der Waals surface area contributed by atoms with Gasteiger partial charge in [-0.3, -0.25) is 0 Å². The number of methoxy groups -OCH3 is 1. The van der Waals surface area contributed by atoms with E-state index < -0.39 is 10.0 Å². The van der Waals surface area contributed by atoms with Crippen LogP contribution in [0.25, 0.3) is 0 Å². The predicted molar refractivity (Wildman–Crippen MR) is 73.2 cm³/mol. The van der Waals surface area contributed by atoms with Crippen LogP contribution in [-0.4, -0.2) is 33.3 Å². The van der Waals surface area contributed by atoms with Crippen LogP contribution in [0.2, 0.25) is 0 Å². The maximum atomic E-state index is 12.2. The van der Waals surface area contributed by atoms with E-state index in [4.69, 9.17) is 9.84 Å². The molecule has 5 nitrogen and oxygen atoms in total. The summed E-state index contributed by atoms with van der Waals surface area (Å²) in [4.78, 5) is 0.187. The number of benzene rings is 1. The molecule has 0 fully saturated rings. The van der Waals surface area contributed by atoms with E-state index in [0.717, 1.165) is 0 Å². The summed E-state index contributed by atoms with van der Waals surface area (Å²) in [5, 5.41) is 8.94. The molecule has 108 valence electrons. The highest BCUT2D eigenvalue weighted by Crippen LogP contribution is 2.13. The molecule has 0 aliphatic heterocycles. The molecule has 0 heterocycles. The summed E-state index contributed by atoms with van der Waals surface area (Å²) in [5.74, 6) is 0.131. The number of ether oxygens (including phenoxy) is 1.